The Hall–Kier alpha value is -1.42. The van der Waals surface area contributed by atoms with Crippen LogP contribution < -0.4 is 5.32 Å². The molecule has 1 aromatic heterocycles. The van der Waals surface area contributed by atoms with Gasteiger partial charge in [0.15, 0.2) is 5.76 Å². The summed E-state index contributed by atoms with van der Waals surface area (Å²) in [4.78, 5) is 4.83. The molecule has 142 valence electrons. The predicted molar refractivity (Wildman–Crippen MR) is 103 cm³/mol. The van der Waals surface area contributed by atoms with Gasteiger partial charge < -0.3 is 9.73 Å². The van der Waals surface area contributed by atoms with E-state index in [9.17, 15) is 4.39 Å². The maximum atomic E-state index is 14.4. The number of hydrogen-bond donors (Lipinski definition) is 1. The molecule has 1 aromatic rings. The summed E-state index contributed by atoms with van der Waals surface area (Å²) in [6.07, 6.45) is 12.7. The molecule has 2 atom stereocenters. The highest BCUT2D eigenvalue weighted by molar-refractivity contribution is 5.63. The molecule has 26 heavy (non-hydrogen) atoms. The smallest absolute Gasteiger partial charge is 0.215 e. The van der Waals surface area contributed by atoms with E-state index in [-0.39, 0.29) is 16.4 Å². The van der Waals surface area contributed by atoms with Crippen molar-refractivity contribution < 1.29 is 8.81 Å². The Balaban J connectivity index is 1.59. The van der Waals surface area contributed by atoms with Gasteiger partial charge in [0.05, 0.1) is 5.54 Å². The highest BCUT2D eigenvalue weighted by Gasteiger charge is 2.61. The van der Waals surface area contributed by atoms with E-state index < -0.39 is 5.67 Å². The van der Waals surface area contributed by atoms with Gasteiger partial charge >= 0.3 is 0 Å². The van der Waals surface area contributed by atoms with E-state index in [1.165, 1.54) is 0 Å². The van der Waals surface area contributed by atoms with Gasteiger partial charge in [-0.1, -0.05) is 32.9 Å². The molecular weight excluding hydrogens is 327 g/mol. The Morgan fingerprint density at radius 1 is 1.12 bits per heavy atom. The molecule has 3 aliphatic rings. The van der Waals surface area contributed by atoms with Gasteiger partial charge in [-0.05, 0) is 69.6 Å². The summed E-state index contributed by atoms with van der Waals surface area (Å²) in [6.45, 7) is 8.43. The van der Waals surface area contributed by atoms with Crippen LogP contribution in [0.1, 0.15) is 77.1 Å². The van der Waals surface area contributed by atoms with Crippen molar-refractivity contribution in [2.75, 3.05) is 7.05 Å². The average molecular weight is 359 g/mol. The summed E-state index contributed by atoms with van der Waals surface area (Å²) in [6, 6.07) is 0. The quantitative estimate of drug-likeness (QED) is 0.777. The van der Waals surface area contributed by atoms with E-state index in [2.05, 4.69) is 50.4 Å². The van der Waals surface area contributed by atoms with Crippen molar-refractivity contribution in [2.24, 2.45) is 16.7 Å². The van der Waals surface area contributed by atoms with Gasteiger partial charge in [0, 0.05) is 5.41 Å². The monoisotopic (exact) mass is 358 g/mol. The van der Waals surface area contributed by atoms with Crippen LogP contribution in [0.25, 0.3) is 12.2 Å². The molecule has 3 aliphatic carbocycles. The van der Waals surface area contributed by atoms with Crippen molar-refractivity contribution in [1.29, 1.82) is 0 Å². The Kier molecular flexibility index (Phi) is 3.83. The molecule has 1 spiro atoms. The third-order valence-corrected chi connectivity index (χ3v) is 7.28. The Labute approximate surface area is 156 Å². The number of nitrogens with one attached hydrogen (secondary N) is 1. The van der Waals surface area contributed by atoms with Gasteiger partial charge in [-0.15, -0.1) is 0 Å². The van der Waals surface area contributed by atoms with Crippen LogP contribution in [0.2, 0.25) is 0 Å². The minimum atomic E-state index is -1.01. The van der Waals surface area contributed by atoms with Crippen molar-refractivity contribution in [2.45, 2.75) is 71.0 Å². The molecule has 0 saturated heterocycles. The van der Waals surface area contributed by atoms with Gasteiger partial charge in [-0.2, -0.15) is 0 Å². The molecule has 0 aromatic carbocycles. The summed E-state index contributed by atoms with van der Waals surface area (Å²) in [7, 11) is 1.97. The number of fused-ring (bicyclic) bond motifs is 1. The van der Waals surface area contributed by atoms with Crippen molar-refractivity contribution >= 4 is 12.2 Å². The average Bonchev–Trinajstić information content (AvgIpc) is 3.05. The summed E-state index contributed by atoms with van der Waals surface area (Å²) >= 11 is 0. The van der Waals surface area contributed by atoms with E-state index >= 15 is 0 Å². The second-order valence-corrected chi connectivity index (χ2v) is 9.73. The second kappa shape index (κ2) is 5.54. The van der Waals surface area contributed by atoms with E-state index in [0.717, 1.165) is 36.6 Å². The molecule has 2 unspecified atom stereocenters. The number of oxazole rings is 1. The first kappa shape index (κ1) is 18.0. The fraction of sp³-hybridized carbons (Fsp3) is 0.682. The van der Waals surface area contributed by atoms with E-state index in [1.807, 2.05) is 7.05 Å². The van der Waals surface area contributed by atoms with Crippen LogP contribution in [-0.2, 0) is 5.54 Å². The van der Waals surface area contributed by atoms with Crippen molar-refractivity contribution in [3.05, 3.63) is 29.5 Å². The van der Waals surface area contributed by atoms with Gasteiger partial charge in [0.25, 0.3) is 0 Å². The number of alkyl halides is 1. The van der Waals surface area contributed by atoms with E-state index in [1.54, 1.807) is 6.92 Å². The topological polar surface area (TPSA) is 38.1 Å². The number of allylic oxidation sites excluding steroid dienone is 2. The lowest BCUT2D eigenvalue weighted by Crippen LogP contribution is -2.56. The fourth-order valence-electron chi connectivity index (χ4n) is 5.19. The minimum Gasteiger partial charge on any atom is -0.439 e. The molecule has 3 nitrogen and oxygen atoms in total. The molecule has 4 rings (SSSR count). The molecule has 2 fully saturated rings. The summed E-state index contributed by atoms with van der Waals surface area (Å²) in [5.41, 5.74) is -0.242. The van der Waals surface area contributed by atoms with Gasteiger partial charge in [-0.3, -0.25) is 0 Å². The highest BCUT2D eigenvalue weighted by atomic mass is 19.1. The molecule has 0 aliphatic heterocycles. The SMILES string of the molecule is CNC1(c2nc3c(o2)C=CC(C)(C(C)C)C=C3)CC2(CCC(C)(F)C2)C1. The summed E-state index contributed by atoms with van der Waals surface area (Å²) in [5, 5.41) is 3.44. The van der Waals surface area contributed by atoms with Crippen molar-refractivity contribution in [3.63, 3.8) is 0 Å². The number of rotatable bonds is 3. The molecule has 0 amide bonds. The predicted octanol–water partition coefficient (Wildman–Crippen LogP) is 5.48. The first-order valence-corrected chi connectivity index (χ1v) is 9.89. The summed E-state index contributed by atoms with van der Waals surface area (Å²) in [5.74, 6) is 2.09. The zero-order chi connectivity index (χ0) is 18.8. The van der Waals surface area contributed by atoms with Crippen LogP contribution in [0.15, 0.2) is 16.6 Å². The van der Waals surface area contributed by atoms with E-state index in [0.29, 0.717) is 18.8 Å². The van der Waals surface area contributed by atoms with Gasteiger partial charge in [-0.25, -0.2) is 9.37 Å². The lowest BCUT2D eigenvalue weighted by Gasteiger charge is -2.53. The van der Waals surface area contributed by atoms with E-state index in [4.69, 9.17) is 9.40 Å². The minimum absolute atomic E-state index is 0.0139. The van der Waals surface area contributed by atoms with Crippen LogP contribution in [0.5, 0.6) is 0 Å². The molecule has 0 radical (unpaired) electrons. The third-order valence-electron chi connectivity index (χ3n) is 7.28. The van der Waals surface area contributed by atoms with Crippen molar-refractivity contribution in [3.8, 4) is 0 Å². The van der Waals surface area contributed by atoms with Crippen molar-refractivity contribution in [1.82, 2.24) is 10.3 Å². The Morgan fingerprint density at radius 3 is 2.38 bits per heavy atom. The zero-order valence-electron chi connectivity index (χ0n) is 16.7. The zero-order valence-corrected chi connectivity index (χ0v) is 16.7. The lowest BCUT2D eigenvalue weighted by molar-refractivity contribution is -0.0218. The highest BCUT2D eigenvalue weighted by Crippen LogP contribution is 2.64. The summed E-state index contributed by atoms with van der Waals surface area (Å²) < 4.78 is 20.6. The maximum absolute atomic E-state index is 14.4. The number of aromatic nitrogens is 1. The first-order chi connectivity index (χ1) is 12.1. The first-order valence-electron chi connectivity index (χ1n) is 9.89. The molecule has 0 bridgehead atoms. The number of nitrogens with zero attached hydrogens (tertiary/aromatic N) is 1. The lowest BCUT2D eigenvalue weighted by atomic mass is 9.56. The molecule has 1 N–H and O–H groups in total. The Morgan fingerprint density at radius 2 is 1.81 bits per heavy atom. The fourth-order valence-corrected chi connectivity index (χ4v) is 5.19. The molecule has 2 saturated carbocycles. The van der Waals surface area contributed by atoms with Gasteiger partial charge in [0.1, 0.15) is 11.4 Å². The Bertz CT molecular complexity index is 734. The van der Waals surface area contributed by atoms with Gasteiger partial charge in [0.2, 0.25) is 5.89 Å². The normalized spacial score (nSPS) is 41.5. The second-order valence-electron chi connectivity index (χ2n) is 9.73. The van der Waals surface area contributed by atoms with Crippen LogP contribution in [0, 0.1) is 16.7 Å². The van der Waals surface area contributed by atoms with Crippen LogP contribution in [-0.4, -0.2) is 17.7 Å². The largest absolute Gasteiger partial charge is 0.439 e. The van der Waals surface area contributed by atoms with Crippen LogP contribution >= 0.6 is 0 Å². The maximum Gasteiger partial charge on any atom is 0.215 e. The number of hydrogen-bond acceptors (Lipinski definition) is 3. The standard InChI is InChI=1S/C22H31FN2O/c1-15(2)19(3)8-6-16-17(7-9-19)26-18(25-16)22(24-5)13-21(14-22)11-10-20(4,23)12-21/h6-9,15,24H,10-14H2,1-5H3. The van der Waals surface area contributed by atoms with Crippen LogP contribution in [0.3, 0.4) is 0 Å². The molecule has 4 heteroatoms. The molecular formula is C22H31FN2O. The number of halogens is 1. The molecule has 1 heterocycles. The third kappa shape index (κ3) is 2.69. The van der Waals surface area contributed by atoms with Crippen LogP contribution in [0.4, 0.5) is 4.39 Å².